The molecular formula is C22H32N2O2. The second kappa shape index (κ2) is 4.86. The summed E-state index contributed by atoms with van der Waals surface area (Å²) >= 11 is 0. The maximum absolute atomic E-state index is 11.4. The summed E-state index contributed by atoms with van der Waals surface area (Å²) in [5.74, 6) is 3.25. The zero-order valence-corrected chi connectivity index (χ0v) is 15.8. The molecular weight excluding hydrogens is 324 g/mol. The highest BCUT2D eigenvalue weighted by Crippen LogP contribution is 2.75. The van der Waals surface area contributed by atoms with Crippen molar-refractivity contribution in [2.45, 2.75) is 88.1 Å². The second-order valence-electron chi connectivity index (χ2n) is 11.6. The van der Waals surface area contributed by atoms with Gasteiger partial charge in [0.15, 0.2) is 0 Å². The van der Waals surface area contributed by atoms with Gasteiger partial charge in [-0.3, -0.25) is 9.59 Å². The Bertz CT molecular complexity index is 575. The van der Waals surface area contributed by atoms with Gasteiger partial charge in [0.25, 0.3) is 0 Å². The molecule has 4 nitrogen and oxygen atoms in total. The molecule has 8 aliphatic rings. The fourth-order valence-electron chi connectivity index (χ4n) is 10.4. The predicted octanol–water partition coefficient (Wildman–Crippen LogP) is 3.16. The summed E-state index contributed by atoms with van der Waals surface area (Å²) in [6.45, 7) is 0. The Kier molecular flexibility index (Phi) is 2.98. The van der Waals surface area contributed by atoms with Gasteiger partial charge in [0.2, 0.25) is 12.8 Å². The van der Waals surface area contributed by atoms with Crippen molar-refractivity contribution in [1.82, 2.24) is 10.6 Å². The molecule has 0 aliphatic heterocycles. The van der Waals surface area contributed by atoms with E-state index in [1.54, 1.807) is 0 Å². The smallest absolute Gasteiger partial charge is 0.207 e. The number of carbonyl (C=O) groups excluding carboxylic acids is 2. The highest BCUT2D eigenvalue weighted by molar-refractivity contribution is 5.49. The van der Waals surface area contributed by atoms with Crippen LogP contribution >= 0.6 is 0 Å². The van der Waals surface area contributed by atoms with E-state index in [1.807, 2.05) is 0 Å². The van der Waals surface area contributed by atoms with E-state index in [4.69, 9.17) is 0 Å². The molecule has 4 heteroatoms. The van der Waals surface area contributed by atoms with Crippen LogP contribution in [0.15, 0.2) is 0 Å². The molecule has 0 saturated heterocycles. The third kappa shape index (κ3) is 1.91. The van der Waals surface area contributed by atoms with E-state index in [0.717, 1.165) is 36.5 Å². The Hall–Kier alpha value is -1.06. The molecule has 142 valence electrons. The molecule has 4 unspecified atom stereocenters. The first-order valence-corrected chi connectivity index (χ1v) is 10.9. The lowest BCUT2D eigenvalue weighted by atomic mass is 9.33. The van der Waals surface area contributed by atoms with Crippen LogP contribution in [0.3, 0.4) is 0 Å². The Morgan fingerprint density at radius 1 is 0.577 bits per heavy atom. The van der Waals surface area contributed by atoms with Gasteiger partial charge in [0.1, 0.15) is 0 Å². The van der Waals surface area contributed by atoms with Crippen LogP contribution < -0.4 is 10.6 Å². The van der Waals surface area contributed by atoms with Gasteiger partial charge in [0.05, 0.1) is 0 Å². The first-order chi connectivity index (χ1) is 12.5. The van der Waals surface area contributed by atoms with Gasteiger partial charge in [-0.15, -0.1) is 0 Å². The minimum atomic E-state index is 0.0837. The fraction of sp³-hybridized carbons (Fsp3) is 0.909. The van der Waals surface area contributed by atoms with E-state index in [0.29, 0.717) is 10.8 Å². The highest BCUT2D eigenvalue weighted by Gasteiger charge is 2.69. The maximum atomic E-state index is 11.4. The quantitative estimate of drug-likeness (QED) is 0.744. The number of rotatable bonds is 5. The molecule has 0 radical (unpaired) electrons. The van der Waals surface area contributed by atoms with Crippen LogP contribution in [0.25, 0.3) is 0 Å². The van der Waals surface area contributed by atoms with Crippen molar-refractivity contribution in [3.8, 4) is 0 Å². The second-order valence-corrected chi connectivity index (χ2v) is 11.6. The molecule has 8 aliphatic carbocycles. The maximum Gasteiger partial charge on any atom is 0.207 e. The van der Waals surface area contributed by atoms with Gasteiger partial charge >= 0.3 is 0 Å². The molecule has 8 saturated carbocycles. The third-order valence-corrected chi connectivity index (χ3v) is 9.98. The van der Waals surface area contributed by atoms with Gasteiger partial charge in [-0.2, -0.15) is 0 Å². The topological polar surface area (TPSA) is 58.2 Å². The summed E-state index contributed by atoms with van der Waals surface area (Å²) in [5.41, 5.74) is 1.00. The Labute approximate surface area is 156 Å². The number of carbonyl (C=O) groups is 2. The largest absolute Gasteiger partial charge is 0.353 e. The van der Waals surface area contributed by atoms with Crippen LogP contribution in [0.1, 0.15) is 77.0 Å². The first kappa shape index (κ1) is 15.9. The van der Waals surface area contributed by atoms with Crippen molar-refractivity contribution < 1.29 is 9.59 Å². The minimum absolute atomic E-state index is 0.0837. The van der Waals surface area contributed by atoms with E-state index in [-0.39, 0.29) is 11.1 Å². The highest BCUT2D eigenvalue weighted by atomic mass is 16.1. The molecule has 0 heterocycles. The molecule has 4 atom stereocenters. The number of nitrogens with one attached hydrogen (secondary N) is 2. The van der Waals surface area contributed by atoms with E-state index >= 15 is 0 Å². The molecule has 8 fully saturated rings. The van der Waals surface area contributed by atoms with E-state index in [2.05, 4.69) is 10.6 Å². The van der Waals surface area contributed by atoms with Crippen molar-refractivity contribution in [2.24, 2.45) is 34.5 Å². The SMILES string of the molecule is O=CNC12CC3CC(C1)CC(C14CC5CC(CC(NC=O)(C5)C1)C4)(C3)C2. The molecule has 0 aromatic carbocycles. The normalized spacial score (nSPS) is 58.6. The van der Waals surface area contributed by atoms with Crippen molar-refractivity contribution >= 4 is 12.8 Å². The van der Waals surface area contributed by atoms with E-state index in [9.17, 15) is 9.59 Å². The average Bonchev–Trinajstić information content (AvgIpc) is 2.52. The lowest BCUT2D eigenvalue weighted by Crippen LogP contribution is -2.71. The predicted molar refractivity (Wildman–Crippen MR) is 98.1 cm³/mol. The number of amides is 2. The molecule has 0 spiro atoms. The first-order valence-electron chi connectivity index (χ1n) is 10.9. The minimum Gasteiger partial charge on any atom is -0.353 e. The monoisotopic (exact) mass is 356 g/mol. The van der Waals surface area contributed by atoms with Crippen LogP contribution in [-0.4, -0.2) is 23.9 Å². The van der Waals surface area contributed by atoms with Crippen molar-refractivity contribution in [3.05, 3.63) is 0 Å². The van der Waals surface area contributed by atoms with Crippen LogP contribution in [0.2, 0.25) is 0 Å². The number of hydrogen-bond donors (Lipinski definition) is 2. The molecule has 2 N–H and O–H groups in total. The molecule has 0 aromatic heterocycles. The molecule has 8 bridgehead atoms. The van der Waals surface area contributed by atoms with Gasteiger partial charge in [-0.05, 0) is 112 Å². The zero-order valence-electron chi connectivity index (χ0n) is 15.8. The van der Waals surface area contributed by atoms with Crippen LogP contribution in [0.4, 0.5) is 0 Å². The average molecular weight is 357 g/mol. The molecule has 26 heavy (non-hydrogen) atoms. The number of hydrogen-bond acceptors (Lipinski definition) is 2. The molecule has 8 rings (SSSR count). The lowest BCUT2D eigenvalue weighted by Gasteiger charge is -2.73. The van der Waals surface area contributed by atoms with Crippen LogP contribution in [0, 0.1) is 34.5 Å². The van der Waals surface area contributed by atoms with Gasteiger partial charge < -0.3 is 10.6 Å². The third-order valence-electron chi connectivity index (χ3n) is 9.98. The van der Waals surface area contributed by atoms with Gasteiger partial charge in [-0.25, -0.2) is 0 Å². The lowest BCUT2D eigenvalue weighted by molar-refractivity contribution is -0.215. The molecule has 0 aromatic rings. The Morgan fingerprint density at radius 2 is 0.923 bits per heavy atom. The van der Waals surface area contributed by atoms with Gasteiger partial charge in [0, 0.05) is 11.1 Å². The Morgan fingerprint density at radius 3 is 1.23 bits per heavy atom. The van der Waals surface area contributed by atoms with Crippen LogP contribution in [0.5, 0.6) is 0 Å². The van der Waals surface area contributed by atoms with Gasteiger partial charge in [-0.1, -0.05) is 0 Å². The summed E-state index contributed by atoms with van der Waals surface area (Å²) in [4.78, 5) is 22.8. The summed E-state index contributed by atoms with van der Waals surface area (Å²) < 4.78 is 0. The summed E-state index contributed by atoms with van der Waals surface area (Å²) in [6.07, 6.45) is 17.6. The Balaban J connectivity index is 1.42. The molecule has 2 amide bonds. The zero-order chi connectivity index (χ0) is 17.6. The van der Waals surface area contributed by atoms with Crippen molar-refractivity contribution in [1.29, 1.82) is 0 Å². The fourth-order valence-corrected chi connectivity index (χ4v) is 10.4. The van der Waals surface area contributed by atoms with Crippen molar-refractivity contribution in [2.75, 3.05) is 0 Å². The standard InChI is InChI=1S/C22H32N2O2/c25-13-23-21-7-15-1-16(8-21)4-19(3-15,11-21)20-5-17-2-18(6-20)10-22(9-17,12-20)24-14-26/h13-18H,1-12H2,(H,23,25)(H,24,26). The van der Waals surface area contributed by atoms with E-state index in [1.165, 1.54) is 77.0 Å². The summed E-state index contributed by atoms with van der Waals surface area (Å²) in [6, 6.07) is 0. The summed E-state index contributed by atoms with van der Waals surface area (Å²) in [7, 11) is 0. The van der Waals surface area contributed by atoms with E-state index < -0.39 is 0 Å². The van der Waals surface area contributed by atoms with Crippen LogP contribution in [-0.2, 0) is 9.59 Å². The summed E-state index contributed by atoms with van der Waals surface area (Å²) in [5, 5.41) is 6.66. The van der Waals surface area contributed by atoms with Crippen molar-refractivity contribution in [3.63, 3.8) is 0 Å².